The third kappa shape index (κ3) is 3.73. The van der Waals surface area contributed by atoms with Crippen LogP contribution in [0.1, 0.15) is 16.7 Å². The zero-order valence-electron chi connectivity index (χ0n) is 13.1. The van der Waals surface area contributed by atoms with Gasteiger partial charge in [0, 0.05) is 17.9 Å². The number of fused-ring (bicyclic) bond motifs is 1. The van der Waals surface area contributed by atoms with Gasteiger partial charge >= 0.3 is 0 Å². The van der Waals surface area contributed by atoms with E-state index in [4.69, 9.17) is 0 Å². The van der Waals surface area contributed by atoms with Crippen molar-refractivity contribution in [3.05, 3.63) is 75.8 Å². The highest BCUT2D eigenvalue weighted by Crippen LogP contribution is 2.12. The van der Waals surface area contributed by atoms with Gasteiger partial charge in [-0.2, -0.15) is 5.10 Å². The van der Waals surface area contributed by atoms with Crippen LogP contribution in [0, 0.1) is 6.92 Å². The summed E-state index contributed by atoms with van der Waals surface area (Å²) in [6, 6.07) is 11.1. The highest BCUT2D eigenvalue weighted by molar-refractivity contribution is 5.88. The van der Waals surface area contributed by atoms with E-state index in [1.807, 2.05) is 25.1 Å². The maximum atomic E-state index is 12.0. The third-order valence-electron chi connectivity index (χ3n) is 3.54. The fraction of sp³-hybridized carbons (Fsp3) is 0.111. The van der Waals surface area contributed by atoms with Crippen LogP contribution in [0.15, 0.2) is 58.7 Å². The fourth-order valence-corrected chi connectivity index (χ4v) is 2.34. The summed E-state index contributed by atoms with van der Waals surface area (Å²) >= 11 is 0. The highest BCUT2D eigenvalue weighted by Gasteiger charge is 2.03. The lowest BCUT2D eigenvalue weighted by atomic mass is 10.1. The SMILES string of the molecule is Cc1ccc2[nH]c(=O)c(/C=N/NC(=O)Cc3ccncc3)cc2c1. The minimum Gasteiger partial charge on any atom is -0.321 e. The minimum absolute atomic E-state index is 0.202. The number of nitrogens with zero attached hydrogens (tertiary/aromatic N) is 2. The molecule has 0 aliphatic heterocycles. The molecule has 6 nitrogen and oxygen atoms in total. The van der Waals surface area contributed by atoms with Crippen molar-refractivity contribution in [2.45, 2.75) is 13.3 Å². The van der Waals surface area contributed by atoms with E-state index in [9.17, 15) is 9.59 Å². The van der Waals surface area contributed by atoms with Crippen molar-refractivity contribution >= 4 is 23.0 Å². The van der Waals surface area contributed by atoms with Gasteiger partial charge in [-0.25, -0.2) is 5.43 Å². The molecule has 3 aromatic rings. The molecule has 24 heavy (non-hydrogen) atoms. The zero-order chi connectivity index (χ0) is 16.9. The molecule has 3 rings (SSSR count). The summed E-state index contributed by atoms with van der Waals surface area (Å²) in [5.41, 5.74) is 5.27. The number of nitrogens with one attached hydrogen (secondary N) is 2. The van der Waals surface area contributed by atoms with Gasteiger partial charge in [0.05, 0.1) is 18.2 Å². The Morgan fingerprint density at radius 1 is 1.25 bits per heavy atom. The molecule has 6 heteroatoms. The summed E-state index contributed by atoms with van der Waals surface area (Å²) in [5, 5.41) is 4.78. The molecule has 0 saturated carbocycles. The van der Waals surface area contributed by atoms with Crippen molar-refractivity contribution < 1.29 is 4.79 Å². The number of hydrogen-bond acceptors (Lipinski definition) is 4. The molecule has 0 saturated heterocycles. The first kappa shape index (κ1) is 15.6. The van der Waals surface area contributed by atoms with Gasteiger partial charge in [0.1, 0.15) is 0 Å². The quantitative estimate of drug-likeness (QED) is 0.569. The van der Waals surface area contributed by atoms with Crippen LogP contribution in [-0.2, 0) is 11.2 Å². The monoisotopic (exact) mass is 320 g/mol. The molecule has 2 N–H and O–H groups in total. The molecule has 1 amide bonds. The van der Waals surface area contributed by atoms with Gasteiger partial charge in [0.25, 0.3) is 5.56 Å². The van der Waals surface area contributed by atoms with Gasteiger partial charge < -0.3 is 4.98 Å². The maximum Gasteiger partial charge on any atom is 0.257 e. The maximum absolute atomic E-state index is 12.0. The smallest absolute Gasteiger partial charge is 0.257 e. The zero-order valence-corrected chi connectivity index (χ0v) is 13.1. The van der Waals surface area contributed by atoms with E-state index in [1.165, 1.54) is 6.21 Å². The molecule has 2 heterocycles. The van der Waals surface area contributed by atoms with Crippen molar-refractivity contribution in [1.29, 1.82) is 0 Å². The lowest BCUT2D eigenvalue weighted by Crippen LogP contribution is -2.20. The summed E-state index contributed by atoms with van der Waals surface area (Å²) in [6.45, 7) is 1.98. The topological polar surface area (TPSA) is 87.2 Å². The van der Waals surface area contributed by atoms with Crippen LogP contribution in [0.4, 0.5) is 0 Å². The molecular formula is C18H16N4O2. The highest BCUT2D eigenvalue weighted by atomic mass is 16.2. The van der Waals surface area contributed by atoms with E-state index in [2.05, 4.69) is 20.5 Å². The predicted molar refractivity (Wildman–Crippen MR) is 93.0 cm³/mol. The van der Waals surface area contributed by atoms with E-state index in [1.54, 1.807) is 30.6 Å². The summed E-state index contributed by atoms with van der Waals surface area (Å²) in [6.07, 6.45) is 4.81. The van der Waals surface area contributed by atoms with Crippen LogP contribution >= 0.6 is 0 Å². The van der Waals surface area contributed by atoms with Gasteiger partial charge in [-0.15, -0.1) is 0 Å². The fourth-order valence-electron chi connectivity index (χ4n) is 2.34. The Morgan fingerprint density at radius 2 is 2.04 bits per heavy atom. The number of carbonyl (C=O) groups excluding carboxylic acids is 1. The van der Waals surface area contributed by atoms with Crippen LogP contribution in [0.25, 0.3) is 10.9 Å². The Morgan fingerprint density at radius 3 is 2.83 bits per heavy atom. The van der Waals surface area contributed by atoms with E-state index < -0.39 is 0 Å². The molecule has 0 atom stereocenters. The van der Waals surface area contributed by atoms with Crippen molar-refractivity contribution in [2.75, 3.05) is 0 Å². The van der Waals surface area contributed by atoms with Crippen molar-refractivity contribution in [3.8, 4) is 0 Å². The molecule has 2 aromatic heterocycles. The predicted octanol–water partition coefficient (Wildman–Crippen LogP) is 1.92. The second-order valence-corrected chi connectivity index (χ2v) is 5.47. The Balaban J connectivity index is 1.72. The summed E-state index contributed by atoms with van der Waals surface area (Å²) < 4.78 is 0. The number of aromatic amines is 1. The largest absolute Gasteiger partial charge is 0.321 e. The molecule has 1 aromatic carbocycles. The Bertz CT molecular complexity index is 962. The van der Waals surface area contributed by atoms with Crippen molar-refractivity contribution in [3.63, 3.8) is 0 Å². The summed E-state index contributed by atoms with van der Waals surface area (Å²) in [7, 11) is 0. The lowest BCUT2D eigenvalue weighted by Gasteiger charge is -2.02. The first-order valence-electron chi connectivity index (χ1n) is 7.46. The van der Waals surface area contributed by atoms with E-state index in [0.717, 1.165) is 22.0 Å². The number of pyridine rings is 2. The van der Waals surface area contributed by atoms with E-state index in [0.29, 0.717) is 5.56 Å². The molecule has 0 aliphatic carbocycles. The van der Waals surface area contributed by atoms with Crippen LogP contribution in [0.2, 0.25) is 0 Å². The number of rotatable bonds is 4. The van der Waals surface area contributed by atoms with Gasteiger partial charge in [-0.1, -0.05) is 11.6 Å². The number of aryl methyl sites for hydroxylation is 1. The average molecular weight is 320 g/mol. The third-order valence-corrected chi connectivity index (χ3v) is 3.54. The second kappa shape index (κ2) is 6.87. The normalized spacial score (nSPS) is 11.0. The molecule has 0 radical (unpaired) electrons. The standard InChI is InChI=1S/C18H16N4O2/c1-12-2-3-16-14(8-12)10-15(18(24)21-16)11-20-22-17(23)9-13-4-6-19-7-5-13/h2-8,10-11H,9H2,1H3,(H,21,24)(H,22,23)/b20-11+. The molecule has 0 bridgehead atoms. The summed E-state index contributed by atoms with van der Waals surface area (Å²) in [5.74, 6) is -0.259. The van der Waals surface area contributed by atoms with Crippen LogP contribution in [0.5, 0.6) is 0 Å². The van der Waals surface area contributed by atoms with Gasteiger partial charge in [-0.05, 0) is 48.2 Å². The number of carbonyl (C=O) groups is 1. The molecule has 0 spiro atoms. The number of hydrogen-bond donors (Lipinski definition) is 2. The van der Waals surface area contributed by atoms with Crippen molar-refractivity contribution in [2.24, 2.45) is 5.10 Å². The molecule has 0 unspecified atom stereocenters. The molecule has 0 fully saturated rings. The molecule has 120 valence electrons. The minimum atomic E-state index is -0.259. The van der Waals surface area contributed by atoms with Gasteiger partial charge in [0.15, 0.2) is 0 Å². The number of hydrazone groups is 1. The van der Waals surface area contributed by atoms with Gasteiger partial charge in [0.2, 0.25) is 5.91 Å². The number of aromatic nitrogens is 2. The first-order chi connectivity index (χ1) is 11.6. The lowest BCUT2D eigenvalue weighted by molar-refractivity contribution is -0.120. The van der Waals surface area contributed by atoms with Crippen LogP contribution in [0.3, 0.4) is 0 Å². The van der Waals surface area contributed by atoms with Crippen LogP contribution < -0.4 is 11.0 Å². The van der Waals surface area contributed by atoms with E-state index >= 15 is 0 Å². The molecular weight excluding hydrogens is 304 g/mol. The Kier molecular flexibility index (Phi) is 4.47. The van der Waals surface area contributed by atoms with Crippen molar-refractivity contribution in [1.82, 2.24) is 15.4 Å². The van der Waals surface area contributed by atoms with Crippen LogP contribution in [-0.4, -0.2) is 22.1 Å². The van der Waals surface area contributed by atoms with E-state index in [-0.39, 0.29) is 17.9 Å². The first-order valence-corrected chi connectivity index (χ1v) is 7.46. The Hall–Kier alpha value is -3.28. The average Bonchev–Trinajstić information content (AvgIpc) is 2.56. The van der Waals surface area contributed by atoms with Gasteiger partial charge in [-0.3, -0.25) is 14.6 Å². The number of H-pyrrole nitrogens is 1. The summed E-state index contributed by atoms with van der Waals surface area (Å²) in [4.78, 5) is 30.5. The molecule has 0 aliphatic rings. The second-order valence-electron chi connectivity index (χ2n) is 5.47. The number of amides is 1. The number of benzene rings is 1. The Labute approximate surface area is 138 Å².